The number of para-hydroxylation sites is 2. The van der Waals surface area contributed by atoms with Gasteiger partial charge in [0.2, 0.25) is 0 Å². The molecule has 0 atom stereocenters. The Labute approximate surface area is 80.9 Å². The maximum atomic E-state index is 5.59. The Morgan fingerprint density at radius 3 is 2.36 bits per heavy atom. The summed E-state index contributed by atoms with van der Waals surface area (Å²) < 4.78 is 11.1. The molecule has 0 aliphatic carbocycles. The molecule has 0 N–H and O–H groups in total. The van der Waals surface area contributed by atoms with Crippen molar-refractivity contribution in [1.29, 1.82) is 0 Å². The second-order valence-corrected chi connectivity index (χ2v) is 2.96. The molecule has 3 heteroatoms. The highest BCUT2D eigenvalue weighted by Crippen LogP contribution is 2.42. The Hall–Kier alpha value is -2.03. The largest absolute Gasteiger partial charge is 0.448 e. The number of rotatable bonds is 0. The number of benzene rings is 1. The van der Waals surface area contributed by atoms with E-state index in [1.807, 2.05) is 36.4 Å². The van der Waals surface area contributed by atoms with Crippen LogP contribution in [0.2, 0.25) is 0 Å². The molecular formula is C11H7NO2. The van der Waals surface area contributed by atoms with Crippen molar-refractivity contribution in [3.8, 4) is 23.1 Å². The van der Waals surface area contributed by atoms with Crippen LogP contribution in [0.5, 0.6) is 23.1 Å². The molecular weight excluding hydrogens is 178 g/mol. The predicted octanol–water partition coefficient (Wildman–Crippen LogP) is 2.98. The van der Waals surface area contributed by atoms with Crippen LogP contribution in [-0.4, -0.2) is 4.98 Å². The minimum absolute atomic E-state index is 0.520. The van der Waals surface area contributed by atoms with Crippen molar-refractivity contribution in [3.05, 3.63) is 42.6 Å². The number of fused-ring (bicyclic) bond motifs is 2. The Bertz CT molecular complexity index is 395. The first-order chi connectivity index (χ1) is 6.93. The van der Waals surface area contributed by atoms with Crippen molar-refractivity contribution in [1.82, 2.24) is 4.98 Å². The summed E-state index contributed by atoms with van der Waals surface area (Å²) in [5.41, 5.74) is 0. The average molecular weight is 185 g/mol. The second kappa shape index (κ2) is 2.73. The van der Waals surface area contributed by atoms with Crippen molar-refractivity contribution in [2.24, 2.45) is 0 Å². The third kappa shape index (κ3) is 1.03. The molecule has 0 bridgehead atoms. The highest BCUT2D eigenvalue weighted by Gasteiger charge is 2.17. The minimum atomic E-state index is 0.520. The van der Waals surface area contributed by atoms with E-state index in [2.05, 4.69) is 4.98 Å². The van der Waals surface area contributed by atoms with Crippen LogP contribution in [-0.2, 0) is 0 Å². The van der Waals surface area contributed by atoms with Crippen LogP contribution < -0.4 is 9.47 Å². The van der Waals surface area contributed by atoms with Gasteiger partial charge in [-0.15, -0.1) is 0 Å². The quantitative estimate of drug-likeness (QED) is 0.539. The lowest BCUT2D eigenvalue weighted by Gasteiger charge is -2.18. The molecule has 0 unspecified atom stereocenters. The van der Waals surface area contributed by atoms with E-state index in [1.165, 1.54) is 0 Å². The van der Waals surface area contributed by atoms with Gasteiger partial charge in [0.05, 0.1) is 0 Å². The molecule has 0 radical (unpaired) electrons. The van der Waals surface area contributed by atoms with E-state index in [4.69, 9.17) is 9.47 Å². The molecule has 0 spiro atoms. The number of pyridine rings is 1. The molecule has 1 aliphatic heterocycles. The summed E-state index contributed by atoms with van der Waals surface area (Å²) in [6, 6.07) is 11.2. The van der Waals surface area contributed by atoms with Gasteiger partial charge < -0.3 is 9.47 Å². The lowest BCUT2D eigenvalue weighted by molar-refractivity contribution is 0.348. The molecule has 14 heavy (non-hydrogen) atoms. The van der Waals surface area contributed by atoms with Gasteiger partial charge in [-0.25, -0.2) is 4.98 Å². The van der Waals surface area contributed by atoms with Crippen molar-refractivity contribution in [2.75, 3.05) is 0 Å². The first kappa shape index (κ1) is 7.38. The normalized spacial score (nSPS) is 12.0. The molecule has 68 valence electrons. The van der Waals surface area contributed by atoms with Gasteiger partial charge in [-0.2, -0.15) is 0 Å². The van der Waals surface area contributed by atoms with Crippen LogP contribution in [0.3, 0.4) is 0 Å². The standard InChI is InChI=1S/C11H7NO2/c1-2-5-9-8(4-1)13-10-6-3-7-12-11(10)14-9/h1-7H. The van der Waals surface area contributed by atoms with E-state index in [-0.39, 0.29) is 0 Å². The van der Waals surface area contributed by atoms with E-state index in [0.29, 0.717) is 17.4 Å². The predicted molar refractivity (Wildman–Crippen MR) is 50.8 cm³/mol. The Morgan fingerprint density at radius 2 is 1.50 bits per heavy atom. The molecule has 0 saturated heterocycles. The van der Waals surface area contributed by atoms with E-state index < -0.39 is 0 Å². The van der Waals surface area contributed by atoms with Gasteiger partial charge in [0, 0.05) is 6.20 Å². The number of aromatic nitrogens is 1. The average Bonchev–Trinajstić information content (AvgIpc) is 2.26. The van der Waals surface area contributed by atoms with Gasteiger partial charge in [0.15, 0.2) is 17.2 Å². The number of nitrogens with zero attached hydrogens (tertiary/aromatic N) is 1. The van der Waals surface area contributed by atoms with Gasteiger partial charge in [-0.05, 0) is 24.3 Å². The summed E-state index contributed by atoms with van der Waals surface area (Å²) in [5.74, 6) is 2.61. The lowest BCUT2D eigenvalue weighted by Crippen LogP contribution is -1.99. The van der Waals surface area contributed by atoms with E-state index in [0.717, 1.165) is 5.75 Å². The highest BCUT2D eigenvalue weighted by molar-refractivity contribution is 5.51. The number of ether oxygens (including phenoxy) is 2. The monoisotopic (exact) mass is 185 g/mol. The van der Waals surface area contributed by atoms with Gasteiger partial charge in [0.25, 0.3) is 5.88 Å². The van der Waals surface area contributed by atoms with Crippen LogP contribution in [0.1, 0.15) is 0 Å². The van der Waals surface area contributed by atoms with Crippen LogP contribution in [0.4, 0.5) is 0 Å². The lowest BCUT2D eigenvalue weighted by atomic mass is 10.3. The SMILES string of the molecule is c1ccc2c(c1)Oc1cccnc1O2. The zero-order valence-corrected chi connectivity index (χ0v) is 7.31. The Morgan fingerprint density at radius 1 is 0.786 bits per heavy atom. The topological polar surface area (TPSA) is 31.4 Å². The molecule has 0 saturated carbocycles. The molecule has 3 rings (SSSR count). The third-order valence-corrected chi connectivity index (χ3v) is 2.01. The second-order valence-electron chi connectivity index (χ2n) is 2.96. The molecule has 3 nitrogen and oxygen atoms in total. The summed E-state index contributed by atoms with van der Waals surface area (Å²) in [4.78, 5) is 4.07. The smallest absolute Gasteiger partial charge is 0.263 e. The first-order valence-corrected chi connectivity index (χ1v) is 4.33. The van der Waals surface area contributed by atoms with Gasteiger partial charge in [-0.3, -0.25) is 0 Å². The summed E-state index contributed by atoms with van der Waals surface area (Å²) in [5, 5.41) is 0. The zero-order valence-electron chi connectivity index (χ0n) is 7.31. The van der Waals surface area contributed by atoms with Gasteiger partial charge in [-0.1, -0.05) is 12.1 Å². The van der Waals surface area contributed by atoms with Crippen molar-refractivity contribution in [2.45, 2.75) is 0 Å². The summed E-state index contributed by atoms with van der Waals surface area (Å²) in [7, 11) is 0. The summed E-state index contributed by atoms with van der Waals surface area (Å²) >= 11 is 0. The van der Waals surface area contributed by atoms with Crippen molar-refractivity contribution >= 4 is 0 Å². The Kier molecular flexibility index (Phi) is 1.44. The molecule has 2 heterocycles. The summed E-state index contributed by atoms with van der Waals surface area (Å²) in [6.45, 7) is 0. The van der Waals surface area contributed by atoms with E-state index in [1.54, 1.807) is 6.20 Å². The number of hydrogen-bond donors (Lipinski definition) is 0. The van der Waals surface area contributed by atoms with Crippen LogP contribution in [0.15, 0.2) is 42.6 Å². The van der Waals surface area contributed by atoms with E-state index >= 15 is 0 Å². The van der Waals surface area contributed by atoms with Crippen LogP contribution in [0, 0.1) is 0 Å². The fourth-order valence-electron chi connectivity index (χ4n) is 1.37. The fourth-order valence-corrected chi connectivity index (χ4v) is 1.37. The third-order valence-electron chi connectivity index (χ3n) is 2.01. The highest BCUT2D eigenvalue weighted by atomic mass is 16.6. The maximum Gasteiger partial charge on any atom is 0.263 e. The molecule has 1 aromatic heterocycles. The maximum absolute atomic E-state index is 5.59. The zero-order chi connectivity index (χ0) is 9.38. The van der Waals surface area contributed by atoms with E-state index in [9.17, 15) is 0 Å². The van der Waals surface area contributed by atoms with Crippen molar-refractivity contribution < 1.29 is 9.47 Å². The fraction of sp³-hybridized carbons (Fsp3) is 0. The molecule has 0 amide bonds. The molecule has 0 fully saturated rings. The number of hydrogen-bond acceptors (Lipinski definition) is 3. The molecule has 1 aromatic carbocycles. The Balaban J connectivity index is 2.12. The molecule has 1 aliphatic rings. The van der Waals surface area contributed by atoms with Crippen molar-refractivity contribution in [3.63, 3.8) is 0 Å². The van der Waals surface area contributed by atoms with Gasteiger partial charge in [0.1, 0.15) is 0 Å². The van der Waals surface area contributed by atoms with Crippen LogP contribution in [0.25, 0.3) is 0 Å². The van der Waals surface area contributed by atoms with Crippen LogP contribution >= 0.6 is 0 Å². The first-order valence-electron chi connectivity index (χ1n) is 4.33. The molecule has 2 aromatic rings. The van der Waals surface area contributed by atoms with Gasteiger partial charge >= 0.3 is 0 Å². The minimum Gasteiger partial charge on any atom is -0.448 e. The summed E-state index contributed by atoms with van der Waals surface area (Å²) in [6.07, 6.45) is 1.68.